The molecule has 1 aliphatic heterocycles. The first-order valence-corrected chi connectivity index (χ1v) is 6.35. The molecule has 4 atom stereocenters. The number of hydrogen-bond acceptors (Lipinski definition) is 5. The highest BCUT2D eigenvalue weighted by Gasteiger charge is 2.33. The molecule has 0 aromatic carbocycles. The molecular formula is C10H20O4S. The van der Waals surface area contributed by atoms with Crippen LogP contribution < -0.4 is 0 Å². The fourth-order valence-electron chi connectivity index (χ4n) is 1.80. The van der Waals surface area contributed by atoms with Crippen molar-refractivity contribution in [1.82, 2.24) is 0 Å². The van der Waals surface area contributed by atoms with E-state index in [-0.39, 0.29) is 12.2 Å². The second-order valence-electron chi connectivity index (χ2n) is 3.72. The van der Waals surface area contributed by atoms with E-state index in [1.165, 1.54) is 0 Å². The predicted molar refractivity (Wildman–Crippen MR) is 60.2 cm³/mol. The summed E-state index contributed by atoms with van der Waals surface area (Å²) in [5.74, 6) is 1.89. The standard InChI is InChI=1S/C10H20O4S/c1-13-7-3-5-15-6-4-8(14-2)10(12)9(7)11/h7-12H,3-6H2,1-2H3/t7-,8-,9-,10-/m1/s1. The van der Waals surface area contributed by atoms with Crippen LogP contribution in [0.5, 0.6) is 0 Å². The topological polar surface area (TPSA) is 58.9 Å². The zero-order valence-electron chi connectivity index (χ0n) is 9.26. The molecule has 5 heteroatoms. The van der Waals surface area contributed by atoms with Gasteiger partial charge in [0.1, 0.15) is 12.2 Å². The zero-order chi connectivity index (χ0) is 11.3. The van der Waals surface area contributed by atoms with E-state index in [0.29, 0.717) is 0 Å². The Bertz CT molecular complexity index is 161. The van der Waals surface area contributed by atoms with E-state index in [9.17, 15) is 10.2 Å². The second kappa shape index (κ2) is 6.70. The second-order valence-corrected chi connectivity index (χ2v) is 4.94. The Morgan fingerprint density at radius 1 is 0.933 bits per heavy atom. The van der Waals surface area contributed by atoms with Gasteiger partial charge in [-0.1, -0.05) is 0 Å². The Morgan fingerprint density at radius 3 is 1.67 bits per heavy atom. The highest BCUT2D eigenvalue weighted by molar-refractivity contribution is 7.99. The number of ether oxygens (including phenoxy) is 2. The number of methoxy groups -OCH3 is 2. The lowest BCUT2D eigenvalue weighted by molar-refractivity contribution is -0.122. The van der Waals surface area contributed by atoms with Gasteiger partial charge in [-0.3, -0.25) is 0 Å². The largest absolute Gasteiger partial charge is 0.388 e. The van der Waals surface area contributed by atoms with Gasteiger partial charge in [-0.15, -0.1) is 0 Å². The molecule has 0 bridgehead atoms. The van der Waals surface area contributed by atoms with Crippen LogP contribution in [-0.4, -0.2) is 60.4 Å². The molecule has 4 nitrogen and oxygen atoms in total. The Balaban J connectivity index is 2.66. The summed E-state index contributed by atoms with van der Waals surface area (Å²) >= 11 is 1.80. The number of hydrogen-bond donors (Lipinski definition) is 2. The Morgan fingerprint density at radius 2 is 1.33 bits per heavy atom. The van der Waals surface area contributed by atoms with Crippen LogP contribution in [0, 0.1) is 0 Å². The molecule has 1 heterocycles. The van der Waals surface area contributed by atoms with Crippen LogP contribution in [0.1, 0.15) is 12.8 Å². The van der Waals surface area contributed by atoms with Crippen molar-refractivity contribution in [2.45, 2.75) is 37.3 Å². The fourth-order valence-corrected chi connectivity index (χ4v) is 2.80. The molecule has 0 spiro atoms. The summed E-state index contributed by atoms with van der Waals surface area (Å²) in [7, 11) is 3.12. The molecule has 1 fully saturated rings. The van der Waals surface area contributed by atoms with E-state index in [0.717, 1.165) is 24.3 Å². The van der Waals surface area contributed by atoms with Gasteiger partial charge >= 0.3 is 0 Å². The summed E-state index contributed by atoms with van der Waals surface area (Å²) in [6, 6.07) is 0. The van der Waals surface area contributed by atoms with Gasteiger partial charge in [0.25, 0.3) is 0 Å². The van der Waals surface area contributed by atoms with Crippen LogP contribution in [-0.2, 0) is 9.47 Å². The molecule has 90 valence electrons. The third-order valence-corrected chi connectivity index (χ3v) is 3.86. The Labute approximate surface area is 95.0 Å². The molecule has 1 aliphatic rings. The Kier molecular flexibility index (Phi) is 5.92. The SMILES string of the molecule is CO[C@@H]1CCSCC[C@@H](OC)[C@@H](O)[C@@H]1O. The lowest BCUT2D eigenvalue weighted by Crippen LogP contribution is -2.45. The number of rotatable bonds is 2. The molecule has 1 rings (SSSR count). The van der Waals surface area contributed by atoms with Crippen LogP contribution in [0.15, 0.2) is 0 Å². The zero-order valence-corrected chi connectivity index (χ0v) is 10.1. The van der Waals surface area contributed by atoms with Crippen molar-refractivity contribution in [2.75, 3.05) is 25.7 Å². The monoisotopic (exact) mass is 236 g/mol. The van der Waals surface area contributed by atoms with Crippen molar-refractivity contribution in [1.29, 1.82) is 0 Å². The first-order valence-electron chi connectivity index (χ1n) is 5.20. The Hall–Kier alpha value is 0.190. The third kappa shape index (κ3) is 3.60. The first-order chi connectivity index (χ1) is 7.20. The van der Waals surface area contributed by atoms with Crippen LogP contribution in [0.4, 0.5) is 0 Å². The van der Waals surface area contributed by atoms with Gasteiger partial charge in [0, 0.05) is 14.2 Å². The van der Waals surface area contributed by atoms with Crippen molar-refractivity contribution < 1.29 is 19.7 Å². The average Bonchev–Trinajstić information content (AvgIpc) is 2.32. The maximum Gasteiger partial charge on any atom is 0.109 e. The molecule has 0 aromatic rings. The van der Waals surface area contributed by atoms with E-state index in [2.05, 4.69) is 0 Å². The summed E-state index contributed by atoms with van der Waals surface area (Å²) in [6.07, 6.45) is -0.810. The van der Waals surface area contributed by atoms with E-state index in [1.54, 1.807) is 26.0 Å². The lowest BCUT2D eigenvalue weighted by Gasteiger charge is -2.29. The summed E-state index contributed by atoms with van der Waals surface area (Å²) in [6.45, 7) is 0. The van der Waals surface area contributed by atoms with Crippen LogP contribution >= 0.6 is 11.8 Å². The van der Waals surface area contributed by atoms with Gasteiger partial charge < -0.3 is 19.7 Å². The van der Waals surface area contributed by atoms with Gasteiger partial charge in [-0.05, 0) is 24.3 Å². The highest BCUT2D eigenvalue weighted by atomic mass is 32.2. The van der Waals surface area contributed by atoms with Crippen LogP contribution in [0.3, 0.4) is 0 Å². The predicted octanol–water partition coefficient (Wildman–Crippen LogP) is 0.265. The molecule has 0 radical (unpaired) electrons. The quantitative estimate of drug-likeness (QED) is 0.720. The summed E-state index contributed by atoms with van der Waals surface area (Å²) in [4.78, 5) is 0. The lowest BCUT2D eigenvalue weighted by atomic mass is 10.00. The van der Waals surface area contributed by atoms with Crippen molar-refractivity contribution in [3.05, 3.63) is 0 Å². The van der Waals surface area contributed by atoms with Gasteiger partial charge in [-0.25, -0.2) is 0 Å². The van der Waals surface area contributed by atoms with Crippen molar-refractivity contribution in [3.8, 4) is 0 Å². The van der Waals surface area contributed by atoms with Crippen molar-refractivity contribution >= 4 is 11.8 Å². The molecule has 0 aliphatic carbocycles. The van der Waals surface area contributed by atoms with E-state index in [1.807, 2.05) is 0 Å². The van der Waals surface area contributed by atoms with Crippen LogP contribution in [0.2, 0.25) is 0 Å². The minimum atomic E-state index is -0.862. The molecular weight excluding hydrogens is 216 g/mol. The first kappa shape index (κ1) is 13.3. The number of aliphatic hydroxyl groups is 2. The normalized spacial score (nSPS) is 39.2. The third-order valence-electron chi connectivity index (χ3n) is 2.81. The minimum Gasteiger partial charge on any atom is -0.388 e. The van der Waals surface area contributed by atoms with E-state index in [4.69, 9.17) is 9.47 Å². The molecule has 0 saturated carbocycles. The van der Waals surface area contributed by atoms with Gasteiger partial charge in [0.05, 0.1) is 12.2 Å². The minimum absolute atomic E-state index is 0.303. The average molecular weight is 236 g/mol. The van der Waals surface area contributed by atoms with E-state index >= 15 is 0 Å². The summed E-state index contributed by atoms with van der Waals surface area (Å²) < 4.78 is 10.4. The molecule has 1 saturated heterocycles. The summed E-state index contributed by atoms with van der Waals surface area (Å²) in [5.41, 5.74) is 0. The van der Waals surface area contributed by atoms with Crippen LogP contribution in [0.25, 0.3) is 0 Å². The smallest absolute Gasteiger partial charge is 0.109 e. The van der Waals surface area contributed by atoms with Gasteiger partial charge in [0.15, 0.2) is 0 Å². The van der Waals surface area contributed by atoms with Crippen molar-refractivity contribution in [3.63, 3.8) is 0 Å². The maximum atomic E-state index is 9.90. The molecule has 0 aromatic heterocycles. The summed E-state index contributed by atoms with van der Waals surface area (Å²) in [5, 5.41) is 19.8. The molecule has 15 heavy (non-hydrogen) atoms. The van der Waals surface area contributed by atoms with Gasteiger partial charge in [0.2, 0.25) is 0 Å². The molecule has 0 unspecified atom stereocenters. The van der Waals surface area contributed by atoms with Crippen molar-refractivity contribution in [2.24, 2.45) is 0 Å². The maximum absolute atomic E-state index is 9.90. The molecule has 2 N–H and O–H groups in total. The van der Waals surface area contributed by atoms with E-state index < -0.39 is 12.2 Å². The van der Waals surface area contributed by atoms with Gasteiger partial charge in [-0.2, -0.15) is 11.8 Å². The highest BCUT2D eigenvalue weighted by Crippen LogP contribution is 2.21. The number of thioether (sulfide) groups is 1. The fraction of sp³-hybridized carbons (Fsp3) is 1.00. The number of aliphatic hydroxyl groups excluding tert-OH is 2. The molecule has 0 amide bonds.